The van der Waals surface area contributed by atoms with Crippen molar-refractivity contribution in [2.24, 2.45) is 0 Å². The van der Waals surface area contributed by atoms with Crippen molar-refractivity contribution in [1.82, 2.24) is 0 Å². The molecule has 0 N–H and O–H groups in total. The molecule has 0 bridgehead atoms. The number of phosphoric ester groups is 1. The summed E-state index contributed by atoms with van der Waals surface area (Å²) in [6.45, 7) is 7.08. The maximum atomic E-state index is 12.9. The molecule has 6 heteroatoms. The van der Waals surface area contributed by atoms with Crippen LogP contribution in [0.25, 0.3) is 0 Å². The molecule has 0 unspecified atom stereocenters. The summed E-state index contributed by atoms with van der Waals surface area (Å²) in [5.41, 5.74) is 1.11. The first-order chi connectivity index (χ1) is 14.1. The molecule has 0 fully saturated rings. The lowest BCUT2D eigenvalue weighted by atomic mass is 10.1. The van der Waals surface area contributed by atoms with Gasteiger partial charge in [0, 0.05) is 0 Å². The van der Waals surface area contributed by atoms with E-state index in [1.807, 2.05) is 19.1 Å². The van der Waals surface area contributed by atoms with Gasteiger partial charge in [0.2, 0.25) is 0 Å². The first-order valence-corrected chi connectivity index (χ1v) is 12.9. The quantitative estimate of drug-likeness (QED) is 0.0962. The predicted molar refractivity (Wildman–Crippen MR) is 119 cm³/mol. The van der Waals surface area contributed by atoms with E-state index in [1.54, 1.807) is 12.1 Å². The van der Waals surface area contributed by atoms with Crippen molar-refractivity contribution in [3.05, 3.63) is 29.8 Å². The molecule has 0 atom stereocenters. The van der Waals surface area contributed by atoms with Gasteiger partial charge in [-0.1, -0.05) is 100 Å². The number of hydrogen-bond donors (Lipinski definition) is 0. The van der Waals surface area contributed by atoms with Crippen LogP contribution in [0.3, 0.4) is 0 Å². The van der Waals surface area contributed by atoms with Gasteiger partial charge in [0.15, 0.2) is 5.75 Å². The molecule has 0 saturated carbocycles. The molecule has 168 valence electrons. The Labute approximate surface area is 178 Å². The standard InChI is InChI=1S/C23H41O5P/c1-4-6-8-10-12-14-20-25-29(24,26-21-15-13-11-9-7-5-2)28-27-23-18-16-22(3)17-19-23/h16-19H,4-15,20-21H2,1-3H3. The van der Waals surface area contributed by atoms with E-state index in [4.69, 9.17) is 18.6 Å². The van der Waals surface area contributed by atoms with Crippen LogP contribution in [0, 0.1) is 6.92 Å². The molecule has 1 aromatic carbocycles. The van der Waals surface area contributed by atoms with Crippen LogP contribution in [0.15, 0.2) is 24.3 Å². The molecular formula is C23H41O5P. The molecule has 29 heavy (non-hydrogen) atoms. The summed E-state index contributed by atoms with van der Waals surface area (Å²) in [4.78, 5) is 5.23. The van der Waals surface area contributed by atoms with Gasteiger partial charge < -0.3 is 4.89 Å². The predicted octanol–water partition coefficient (Wildman–Crippen LogP) is 8.17. The summed E-state index contributed by atoms with van der Waals surface area (Å²) in [5.74, 6) is 0.474. The maximum Gasteiger partial charge on any atom is 0.511 e. The van der Waals surface area contributed by atoms with Crippen LogP contribution in [0.5, 0.6) is 5.75 Å². The van der Waals surface area contributed by atoms with Crippen molar-refractivity contribution in [2.45, 2.75) is 97.8 Å². The molecule has 1 rings (SSSR count). The first kappa shape index (κ1) is 26.2. The van der Waals surface area contributed by atoms with E-state index >= 15 is 0 Å². The number of benzene rings is 1. The fourth-order valence-corrected chi connectivity index (χ4v) is 3.92. The molecule has 0 spiro atoms. The van der Waals surface area contributed by atoms with E-state index < -0.39 is 7.82 Å². The molecule has 0 aliphatic rings. The van der Waals surface area contributed by atoms with Crippen LogP contribution >= 0.6 is 7.82 Å². The summed E-state index contributed by atoms with van der Waals surface area (Å²) < 4.78 is 29.1. The van der Waals surface area contributed by atoms with Crippen LogP contribution in [0.1, 0.15) is 96.5 Å². The van der Waals surface area contributed by atoms with Gasteiger partial charge >= 0.3 is 7.82 Å². The van der Waals surface area contributed by atoms with Crippen LogP contribution in [-0.4, -0.2) is 13.2 Å². The minimum atomic E-state index is -3.74. The summed E-state index contributed by atoms with van der Waals surface area (Å²) in [6, 6.07) is 7.33. The zero-order chi connectivity index (χ0) is 21.2. The van der Waals surface area contributed by atoms with Crippen molar-refractivity contribution in [3.63, 3.8) is 0 Å². The number of hydrogen-bond acceptors (Lipinski definition) is 5. The maximum absolute atomic E-state index is 12.9. The Morgan fingerprint density at radius 3 is 1.62 bits per heavy atom. The number of unbranched alkanes of at least 4 members (excludes halogenated alkanes) is 10. The van der Waals surface area contributed by atoms with E-state index in [0.29, 0.717) is 19.0 Å². The van der Waals surface area contributed by atoms with Crippen LogP contribution in [-0.2, 0) is 18.3 Å². The summed E-state index contributed by atoms with van der Waals surface area (Å²) in [5, 5.41) is 0. The monoisotopic (exact) mass is 428 g/mol. The SMILES string of the molecule is CCCCCCCCOP(=O)(OCCCCCCCC)OOc1ccc(C)cc1. The molecule has 1 aromatic rings. The molecule has 0 saturated heterocycles. The average Bonchev–Trinajstić information content (AvgIpc) is 2.72. The van der Waals surface area contributed by atoms with Gasteiger partial charge in [-0.2, -0.15) is 0 Å². The van der Waals surface area contributed by atoms with Crippen molar-refractivity contribution >= 4 is 7.82 Å². The Kier molecular flexibility index (Phi) is 15.2. The van der Waals surface area contributed by atoms with E-state index in [9.17, 15) is 4.57 Å². The normalized spacial score (nSPS) is 11.7. The minimum Gasteiger partial charge on any atom is -0.327 e. The van der Waals surface area contributed by atoms with E-state index in [0.717, 1.165) is 31.2 Å². The van der Waals surface area contributed by atoms with Gasteiger partial charge in [-0.15, -0.1) is 0 Å². The molecule has 0 radical (unpaired) electrons. The second-order valence-electron chi connectivity index (χ2n) is 7.62. The molecule has 0 aromatic heterocycles. The highest BCUT2D eigenvalue weighted by Gasteiger charge is 2.29. The third kappa shape index (κ3) is 13.9. The van der Waals surface area contributed by atoms with Crippen molar-refractivity contribution in [2.75, 3.05) is 13.2 Å². The topological polar surface area (TPSA) is 54.0 Å². The molecular weight excluding hydrogens is 387 g/mol. The van der Waals surface area contributed by atoms with E-state index in [1.165, 1.54) is 51.4 Å². The lowest BCUT2D eigenvalue weighted by molar-refractivity contribution is -0.132. The Morgan fingerprint density at radius 1 is 0.690 bits per heavy atom. The summed E-state index contributed by atoms with van der Waals surface area (Å²) >= 11 is 0. The fraction of sp³-hybridized carbons (Fsp3) is 0.739. The van der Waals surface area contributed by atoms with Crippen molar-refractivity contribution in [3.8, 4) is 5.75 Å². The zero-order valence-electron chi connectivity index (χ0n) is 18.7. The highest BCUT2D eigenvalue weighted by Crippen LogP contribution is 2.50. The molecule has 0 amide bonds. The second kappa shape index (κ2) is 16.9. The van der Waals surface area contributed by atoms with Crippen molar-refractivity contribution in [1.29, 1.82) is 0 Å². The third-order valence-electron chi connectivity index (χ3n) is 4.74. The van der Waals surface area contributed by atoms with Gasteiger partial charge in [-0.3, -0.25) is 9.05 Å². The zero-order valence-corrected chi connectivity index (χ0v) is 19.6. The Bertz CT molecular complexity index is 525. The van der Waals surface area contributed by atoms with Crippen LogP contribution < -0.4 is 4.89 Å². The lowest BCUT2D eigenvalue weighted by Crippen LogP contribution is -2.05. The van der Waals surface area contributed by atoms with Gasteiger partial charge in [-0.05, 0) is 31.9 Å². The molecule has 0 aliphatic carbocycles. The smallest absolute Gasteiger partial charge is 0.327 e. The number of aryl methyl sites for hydroxylation is 1. The largest absolute Gasteiger partial charge is 0.511 e. The number of phosphoric acid groups is 1. The van der Waals surface area contributed by atoms with Gasteiger partial charge in [0.05, 0.1) is 13.2 Å². The second-order valence-corrected chi connectivity index (χ2v) is 9.18. The van der Waals surface area contributed by atoms with E-state index in [-0.39, 0.29) is 0 Å². The Hall–Kier alpha value is -0.870. The van der Waals surface area contributed by atoms with Gasteiger partial charge in [0.25, 0.3) is 0 Å². The van der Waals surface area contributed by atoms with Gasteiger partial charge in [-0.25, -0.2) is 4.57 Å². The van der Waals surface area contributed by atoms with Crippen molar-refractivity contribution < 1.29 is 23.2 Å². The molecule has 0 aliphatic heterocycles. The summed E-state index contributed by atoms with van der Waals surface area (Å²) in [6.07, 6.45) is 13.5. The average molecular weight is 429 g/mol. The highest BCUT2D eigenvalue weighted by molar-refractivity contribution is 7.48. The first-order valence-electron chi connectivity index (χ1n) is 11.4. The lowest BCUT2D eigenvalue weighted by Gasteiger charge is -2.17. The Balaban J connectivity index is 2.39. The van der Waals surface area contributed by atoms with E-state index in [2.05, 4.69) is 13.8 Å². The fourth-order valence-electron chi connectivity index (χ4n) is 2.88. The molecule has 0 heterocycles. The number of rotatable bonds is 19. The highest BCUT2D eigenvalue weighted by atomic mass is 31.2. The summed E-state index contributed by atoms with van der Waals surface area (Å²) in [7, 11) is -3.74. The van der Waals surface area contributed by atoms with Crippen LogP contribution in [0.2, 0.25) is 0 Å². The van der Waals surface area contributed by atoms with Gasteiger partial charge in [0.1, 0.15) is 0 Å². The van der Waals surface area contributed by atoms with Crippen LogP contribution in [0.4, 0.5) is 0 Å². The Morgan fingerprint density at radius 2 is 1.14 bits per heavy atom. The third-order valence-corrected chi connectivity index (χ3v) is 6.00. The molecule has 5 nitrogen and oxygen atoms in total. The minimum absolute atomic E-state index is 0.344.